The van der Waals surface area contributed by atoms with Crippen molar-refractivity contribution < 1.29 is 42.5 Å². The highest BCUT2D eigenvalue weighted by atomic mass is 19.1. The van der Waals surface area contributed by atoms with E-state index in [-0.39, 0.29) is 31.9 Å². The summed E-state index contributed by atoms with van der Waals surface area (Å²) in [6, 6.07) is 8.22. The number of halogens is 2. The maximum absolute atomic E-state index is 13.5. The molecular formula is C28H36F2N4O7. The van der Waals surface area contributed by atoms with E-state index < -0.39 is 59.2 Å². The van der Waals surface area contributed by atoms with Gasteiger partial charge in [-0.3, -0.25) is 14.4 Å². The fourth-order valence-corrected chi connectivity index (χ4v) is 3.45. The Kier molecular flexibility index (Phi) is 12.6. The van der Waals surface area contributed by atoms with E-state index in [9.17, 15) is 33.1 Å². The molecular weight excluding hydrogens is 542 g/mol. The molecule has 4 amide bonds. The van der Waals surface area contributed by atoms with Gasteiger partial charge in [-0.25, -0.2) is 13.6 Å². The summed E-state index contributed by atoms with van der Waals surface area (Å²) in [7, 11) is 0. The average molecular weight is 579 g/mol. The van der Waals surface area contributed by atoms with Crippen molar-refractivity contribution in [3.63, 3.8) is 0 Å². The molecule has 0 saturated carbocycles. The van der Waals surface area contributed by atoms with Gasteiger partial charge in [0.15, 0.2) is 6.10 Å². The van der Waals surface area contributed by atoms with Crippen LogP contribution in [0.5, 0.6) is 0 Å². The number of carbonyl (C=O) groups is 4. The Hall–Kier alpha value is -4.10. The van der Waals surface area contributed by atoms with Crippen molar-refractivity contribution in [3.05, 3.63) is 71.3 Å². The monoisotopic (exact) mass is 578 g/mol. The molecule has 0 heterocycles. The zero-order valence-corrected chi connectivity index (χ0v) is 23.3. The van der Waals surface area contributed by atoms with E-state index in [0.717, 1.165) is 12.1 Å². The molecule has 2 aromatic carbocycles. The van der Waals surface area contributed by atoms with Crippen molar-refractivity contribution in [2.45, 2.75) is 51.5 Å². The van der Waals surface area contributed by atoms with Gasteiger partial charge in [0.25, 0.3) is 5.91 Å². The Bertz CT molecular complexity index is 1170. The maximum Gasteiger partial charge on any atom is 0.407 e. The number of ether oxygens (including phenoxy) is 2. The predicted octanol–water partition coefficient (Wildman–Crippen LogP) is 2.02. The van der Waals surface area contributed by atoms with E-state index in [1.54, 1.807) is 51.1 Å². The number of nitrogens with one attached hydrogen (secondary N) is 4. The Balaban J connectivity index is 1.88. The van der Waals surface area contributed by atoms with E-state index in [1.807, 2.05) is 0 Å². The third-order valence-corrected chi connectivity index (χ3v) is 5.34. The molecule has 5 N–H and O–H groups in total. The van der Waals surface area contributed by atoms with Crippen molar-refractivity contribution in [1.29, 1.82) is 0 Å². The van der Waals surface area contributed by atoms with Gasteiger partial charge in [0.1, 0.15) is 29.3 Å². The summed E-state index contributed by atoms with van der Waals surface area (Å²) in [6.07, 6.45) is -2.50. The minimum absolute atomic E-state index is 0.104. The fourth-order valence-electron chi connectivity index (χ4n) is 3.45. The van der Waals surface area contributed by atoms with Gasteiger partial charge in [0.05, 0.1) is 13.2 Å². The van der Waals surface area contributed by atoms with E-state index in [4.69, 9.17) is 9.47 Å². The van der Waals surface area contributed by atoms with Crippen LogP contribution in [0.3, 0.4) is 0 Å². The summed E-state index contributed by atoms with van der Waals surface area (Å²) in [5.41, 5.74) is -0.472. The van der Waals surface area contributed by atoms with Gasteiger partial charge in [-0.15, -0.1) is 0 Å². The van der Waals surface area contributed by atoms with Crippen molar-refractivity contribution in [3.8, 4) is 0 Å². The number of benzene rings is 2. The Morgan fingerprint density at radius 3 is 2.00 bits per heavy atom. The Morgan fingerprint density at radius 1 is 0.829 bits per heavy atom. The van der Waals surface area contributed by atoms with E-state index >= 15 is 0 Å². The third kappa shape index (κ3) is 11.9. The molecule has 41 heavy (non-hydrogen) atoms. The van der Waals surface area contributed by atoms with Crippen LogP contribution in [0.2, 0.25) is 0 Å². The molecule has 11 nitrogen and oxygen atoms in total. The smallest absolute Gasteiger partial charge is 0.407 e. The minimum Gasteiger partial charge on any atom is -0.444 e. The SMILES string of the molecule is C[C@H](NC(=O)C(O)c1cc(F)cc(F)c1)C(=O)N[C@H](C(=O)NCCOCCNC(=O)OC(C)(C)C)c1ccccc1. The molecule has 0 fully saturated rings. The lowest BCUT2D eigenvalue weighted by Crippen LogP contribution is -2.50. The van der Waals surface area contributed by atoms with Gasteiger partial charge in [-0.2, -0.15) is 0 Å². The molecule has 3 atom stereocenters. The molecule has 0 aliphatic carbocycles. The lowest BCUT2D eigenvalue weighted by molar-refractivity contribution is -0.135. The van der Waals surface area contributed by atoms with Crippen molar-refractivity contribution >= 4 is 23.8 Å². The number of rotatable bonds is 13. The summed E-state index contributed by atoms with van der Waals surface area (Å²) in [5, 5.41) is 20.2. The quantitative estimate of drug-likeness (QED) is 0.228. The van der Waals surface area contributed by atoms with Gasteiger partial charge < -0.3 is 35.8 Å². The third-order valence-electron chi connectivity index (χ3n) is 5.34. The number of hydrogen-bond donors (Lipinski definition) is 5. The molecule has 0 aliphatic heterocycles. The molecule has 0 aliphatic rings. The van der Waals surface area contributed by atoms with Crippen LogP contribution in [-0.4, -0.2) is 66.9 Å². The first-order valence-corrected chi connectivity index (χ1v) is 12.9. The van der Waals surface area contributed by atoms with E-state index in [0.29, 0.717) is 11.6 Å². The highest BCUT2D eigenvalue weighted by Crippen LogP contribution is 2.17. The summed E-state index contributed by atoms with van der Waals surface area (Å²) in [5.74, 6) is -4.30. The van der Waals surface area contributed by atoms with Crippen LogP contribution >= 0.6 is 0 Å². The standard InChI is InChI=1S/C28H36F2N4O7/c1-17(33-26(38)23(35)19-14-20(29)16-21(30)15-19)24(36)34-22(18-8-6-5-7-9-18)25(37)31-10-12-40-13-11-32-27(39)41-28(2,3)4/h5-9,14-17,22-23,35H,10-13H2,1-4H3,(H,31,37)(H,32,39)(H,33,38)(H,34,36)/t17-,22-,23?/m0/s1. The second-order valence-corrected chi connectivity index (χ2v) is 10.0. The zero-order chi connectivity index (χ0) is 30.6. The van der Waals surface area contributed by atoms with Crippen LogP contribution in [0, 0.1) is 11.6 Å². The number of hydrogen-bond acceptors (Lipinski definition) is 7. The van der Waals surface area contributed by atoms with Crippen LogP contribution in [-0.2, 0) is 23.9 Å². The number of aliphatic hydroxyl groups excluding tert-OH is 1. The van der Waals surface area contributed by atoms with Crippen LogP contribution in [0.25, 0.3) is 0 Å². The second kappa shape index (κ2) is 15.6. The van der Waals surface area contributed by atoms with Crippen molar-refractivity contribution in [1.82, 2.24) is 21.3 Å². The van der Waals surface area contributed by atoms with Gasteiger partial charge in [-0.1, -0.05) is 30.3 Å². The zero-order valence-electron chi connectivity index (χ0n) is 23.3. The lowest BCUT2D eigenvalue weighted by Gasteiger charge is -2.22. The largest absolute Gasteiger partial charge is 0.444 e. The second-order valence-electron chi connectivity index (χ2n) is 10.0. The summed E-state index contributed by atoms with van der Waals surface area (Å²) >= 11 is 0. The number of amides is 4. The van der Waals surface area contributed by atoms with E-state index in [1.165, 1.54) is 6.92 Å². The molecule has 0 spiro atoms. The van der Waals surface area contributed by atoms with Crippen molar-refractivity contribution in [2.24, 2.45) is 0 Å². The molecule has 2 aromatic rings. The number of carbonyl (C=O) groups excluding carboxylic acids is 4. The summed E-state index contributed by atoms with van der Waals surface area (Å²) < 4.78 is 37.4. The highest BCUT2D eigenvalue weighted by molar-refractivity contribution is 5.93. The average Bonchev–Trinajstić information content (AvgIpc) is 2.89. The normalized spacial score (nSPS) is 13.3. The lowest BCUT2D eigenvalue weighted by atomic mass is 10.1. The molecule has 1 unspecified atom stereocenters. The number of alkyl carbamates (subject to hydrolysis) is 1. The van der Waals surface area contributed by atoms with Crippen LogP contribution in [0.1, 0.15) is 51.0 Å². The fraction of sp³-hybridized carbons (Fsp3) is 0.429. The van der Waals surface area contributed by atoms with E-state index in [2.05, 4.69) is 21.3 Å². The van der Waals surface area contributed by atoms with Gasteiger partial charge >= 0.3 is 6.09 Å². The molecule has 2 rings (SSSR count). The maximum atomic E-state index is 13.5. The molecule has 0 bridgehead atoms. The van der Waals surface area contributed by atoms with Gasteiger partial charge in [0.2, 0.25) is 11.8 Å². The molecule has 0 saturated heterocycles. The molecule has 224 valence electrons. The molecule has 0 radical (unpaired) electrons. The van der Waals surface area contributed by atoms with Crippen LogP contribution in [0.4, 0.5) is 13.6 Å². The van der Waals surface area contributed by atoms with Gasteiger partial charge in [-0.05, 0) is 51.0 Å². The van der Waals surface area contributed by atoms with Crippen molar-refractivity contribution in [2.75, 3.05) is 26.3 Å². The first-order valence-electron chi connectivity index (χ1n) is 12.9. The Labute approximate surface area is 237 Å². The highest BCUT2D eigenvalue weighted by Gasteiger charge is 2.27. The minimum atomic E-state index is -1.93. The van der Waals surface area contributed by atoms with Crippen LogP contribution in [0.15, 0.2) is 48.5 Å². The van der Waals surface area contributed by atoms with Gasteiger partial charge in [0, 0.05) is 19.2 Å². The topological polar surface area (TPSA) is 155 Å². The summed E-state index contributed by atoms with van der Waals surface area (Å²) in [4.78, 5) is 49.8. The van der Waals surface area contributed by atoms with Crippen LogP contribution < -0.4 is 21.3 Å². The molecule has 13 heteroatoms. The first-order chi connectivity index (χ1) is 19.3. The first kappa shape index (κ1) is 33.1. The number of aliphatic hydroxyl groups is 1. The Morgan fingerprint density at radius 2 is 1.41 bits per heavy atom. The predicted molar refractivity (Wildman–Crippen MR) is 144 cm³/mol. The summed E-state index contributed by atoms with van der Waals surface area (Å²) in [6.45, 7) is 7.18. The molecule has 0 aromatic heterocycles.